The molecule has 0 aliphatic carbocycles. The maximum Gasteiger partial charge on any atom is 0.237 e. The first-order valence-corrected chi connectivity index (χ1v) is 15.9. The van der Waals surface area contributed by atoms with Crippen molar-refractivity contribution in [1.29, 1.82) is 0 Å². The van der Waals surface area contributed by atoms with Gasteiger partial charge in [0.1, 0.15) is 5.82 Å². The second kappa shape index (κ2) is 13.3. The number of aromatic nitrogens is 4. The molecule has 0 saturated carbocycles. The maximum atomic E-state index is 13.5. The lowest BCUT2D eigenvalue weighted by Gasteiger charge is -2.22. The van der Waals surface area contributed by atoms with Crippen molar-refractivity contribution in [1.82, 2.24) is 30.4 Å². The van der Waals surface area contributed by atoms with Gasteiger partial charge in [-0.05, 0) is 59.7 Å². The first-order chi connectivity index (χ1) is 22.2. The normalized spacial score (nSPS) is 15.3. The molecule has 0 spiro atoms. The number of hydrogen-bond acceptors (Lipinski definition) is 4. The van der Waals surface area contributed by atoms with E-state index in [-0.39, 0.29) is 18.0 Å². The van der Waals surface area contributed by atoms with E-state index in [1.807, 2.05) is 18.2 Å². The largest absolute Gasteiger partial charge is 0.361 e. The minimum atomic E-state index is -0.347. The van der Waals surface area contributed by atoms with Gasteiger partial charge < -0.3 is 20.2 Å². The van der Waals surface area contributed by atoms with Gasteiger partial charge in [-0.3, -0.25) is 4.79 Å². The number of para-hydroxylation sites is 1. The van der Waals surface area contributed by atoms with Gasteiger partial charge in [0, 0.05) is 29.9 Å². The first kappa shape index (κ1) is 28.7. The number of hydrogen-bond donors (Lipinski definition) is 3. The molecule has 1 aliphatic rings. The predicted octanol–water partition coefficient (Wildman–Crippen LogP) is 6.41. The summed E-state index contributed by atoms with van der Waals surface area (Å²) in [7, 11) is 0. The van der Waals surface area contributed by atoms with Crippen LogP contribution in [0.5, 0.6) is 0 Å². The van der Waals surface area contributed by atoms with Crippen LogP contribution >= 0.6 is 0 Å². The van der Waals surface area contributed by atoms with Crippen molar-refractivity contribution in [2.24, 2.45) is 0 Å². The molecule has 1 unspecified atom stereocenters. The zero-order valence-electron chi connectivity index (χ0n) is 25.3. The van der Waals surface area contributed by atoms with E-state index in [9.17, 15) is 4.79 Å². The summed E-state index contributed by atoms with van der Waals surface area (Å²) in [6, 6.07) is 37.4. The van der Waals surface area contributed by atoms with Gasteiger partial charge in [0.25, 0.3) is 0 Å². The molecule has 7 nitrogen and oxygen atoms in total. The summed E-state index contributed by atoms with van der Waals surface area (Å²) < 4.78 is 2.22. The second-order valence-corrected chi connectivity index (χ2v) is 11.9. The number of H-pyrrole nitrogens is 1. The van der Waals surface area contributed by atoms with Gasteiger partial charge in [0.05, 0.1) is 18.6 Å². The molecule has 1 fully saturated rings. The van der Waals surface area contributed by atoms with E-state index in [0.717, 1.165) is 65.9 Å². The fraction of sp³-hybridized carbons (Fsp3) is 0.237. The van der Waals surface area contributed by atoms with Crippen molar-refractivity contribution < 1.29 is 4.79 Å². The Balaban J connectivity index is 1.24. The Labute approximate surface area is 263 Å². The third kappa shape index (κ3) is 6.59. The molecule has 0 bridgehead atoms. The van der Waals surface area contributed by atoms with Crippen molar-refractivity contribution >= 4 is 16.8 Å². The van der Waals surface area contributed by atoms with E-state index in [1.165, 1.54) is 16.7 Å². The number of nitrogens with one attached hydrogen (secondary N) is 3. The van der Waals surface area contributed by atoms with Crippen LogP contribution in [-0.2, 0) is 30.6 Å². The van der Waals surface area contributed by atoms with Gasteiger partial charge in [-0.25, -0.2) is 0 Å². The number of aryl methyl sites for hydroxylation is 2. The summed E-state index contributed by atoms with van der Waals surface area (Å²) in [5.74, 6) is 1.71. The maximum absolute atomic E-state index is 13.5. The Morgan fingerprint density at radius 2 is 1.56 bits per heavy atom. The lowest BCUT2D eigenvalue weighted by molar-refractivity contribution is -0.123. The minimum absolute atomic E-state index is 0.0185. The van der Waals surface area contributed by atoms with Crippen LogP contribution in [0, 0.1) is 0 Å². The van der Waals surface area contributed by atoms with Gasteiger partial charge in [0.15, 0.2) is 5.82 Å². The third-order valence-corrected chi connectivity index (χ3v) is 8.84. The molecule has 6 aromatic rings. The Hall–Kier alpha value is -5.01. The van der Waals surface area contributed by atoms with Crippen molar-refractivity contribution in [2.75, 3.05) is 6.54 Å². The van der Waals surface area contributed by atoms with Crippen LogP contribution in [0.1, 0.15) is 47.2 Å². The van der Waals surface area contributed by atoms with Crippen LogP contribution in [0.3, 0.4) is 0 Å². The SMILES string of the molecule is O=C(N[C@H](Cc1c[nH]c2ccccc12)c1nnc(CCc2ccccc2)n1Cc1ccc(-c2ccccc2)cc1)C1CCCN1. The molecular weight excluding hydrogens is 556 g/mol. The molecule has 7 heteroatoms. The number of nitrogens with zero attached hydrogens (tertiary/aromatic N) is 3. The van der Waals surface area contributed by atoms with E-state index < -0.39 is 0 Å². The highest BCUT2D eigenvalue weighted by Crippen LogP contribution is 2.27. The molecule has 1 amide bonds. The lowest BCUT2D eigenvalue weighted by atomic mass is 10.0. The highest BCUT2D eigenvalue weighted by atomic mass is 16.2. The molecule has 0 radical (unpaired) electrons. The quantitative estimate of drug-likeness (QED) is 0.162. The average molecular weight is 595 g/mol. The molecule has 2 atom stereocenters. The van der Waals surface area contributed by atoms with E-state index in [4.69, 9.17) is 10.2 Å². The Kier molecular flexibility index (Phi) is 8.51. The molecule has 7 rings (SSSR count). The highest BCUT2D eigenvalue weighted by Gasteiger charge is 2.29. The van der Waals surface area contributed by atoms with Crippen LogP contribution < -0.4 is 10.6 Å². The first-order valence-electron chi connectivity index (χ1n) is 15.9. The van der Waals surface area contributed by atoms with Gasteiger partial charge in [-0.1, -0.05) is 103 Å². The van der Waals surface area contributed by atoms with E-state index in [0.29, 0.717) is 13.0 Å². The summed E-state index contributed by atoms with van der Waals surface area (Å²) in [5.41, 5.74) is 7.02. The smallest absolute Gasteiger partial charge is 0.237 e. The summed E-state index contributed by atoms with van der Waals surface area (Å²) in [6.45, 7) is 1.48. The van der Waals surface area contributed by atoms with Crippen molar-refractivity contribution in [3.63, 3.8) is 0 Å². The van der Waals surface area contributed by atoms with Crippen LogP contribution in [0.15, 0.2) is 115 Å². The highest BCUT2D eigenvalue weighted by molar-refractivity contribution is 5.84. The molecule has 1 aliphatic heterocycles. The minimum Gasteiger partial charge on any atom is -0.361 e. The number of carbonyl (C=O) groups is 1. The number of aromatic amines is 1. The summed E-state index contributed by atoms with van der Waals surface area (Å²) in [6.07, 6.45) is 6.11. The third-order valence-electron chi connectivity index (χ3n) is 8.84. The standard InChI is InChI=1S/C38H38N6O/c45-38(34-16-9-23-39-34)41-35(24-31-25-40-33-15-8-7-14-32(31)33)37-43-42-36(22-19-27-10-3-1-4-11-27)44(37)26-28-17-20-30(21-18-28)29-12-5-2-6-13-29/h1-8,10-15,17-18,20-21,25,34-35,39-40H,9,16,19,22-24,26H2,(H,41,45)/t34?,35-/m1/s1. The molecule has 3 heterocycles. The van der Waals surface area contributed by atoms with E-state index in [1.54, 1.807) is 0 Å². The molecule has 45 heavy (non-hydrogen) atoms. The van der Waals surface area contributed by atoms with Crippen molar-refractivity contribution in [2.45, 2.75) is 50.7 Å². The van der Waals surface area contributed by atoms with Crippen LogP contribution in [-0.4, -0.2) is 38.2 Å². The lowest BCUT2D eigenvalue weighted by Crippen LogP contribution is -2.43. The monoisotopic (exact) mass is 594 g/mol. The van der Waals surface area contributed by atoms with E-state index in [2.05, 4.69) is 117 Å². The Bertz CT molecular complexity index is 1850. The number of carbonyl (C=O) groups excluding carboxylic acids is 1. The summed E-state index contributed by atoms with van der Waals surface area (Å²) in [4.78, 5) is 16.9. The van der Waals surface area contributed by atoms with Gasteiger partial charge in [-0.2, -0.15) is 0 Å². The number of fused-ring (bicyclic) bond motifs is 1. The summed E-state index contributed by atoms with van der Waals surface area (Å²) >= 11 is 0. The molecule has 4 aromatic carbocycles. The van der Waals surface area contributed by atoms with Gasteiger partial charge >= 0.3 is 0 Å². The van der Waals surface area contributed by atoms with Crippen LogP contribution in [0.4, 0.5) is 0 Å². The fourth-order valence-corrected chi connectivity index (χ4v) is 6.39. The number of amides is 1. The predicted molar refractivity (Wildman–Crippen MR) is 179 cm³/mol. The van der Waals surface area contributed by atoms with E-state index >= 15 is 0 Å². The Morgan fingerprint density at radius 1 is 0.822 bits per heavy atom. The molecule has 226 valence electrons. The fourth-order valence-electron chi connectivity index (χ4n) is 6.39. The zero-order chi connectivity index (χ0) is 30.4. The zero-order valence-corrected chi connectivity index (χ0v) is 25.3. The molecular formula is C38H38N6O. The molecule has 2 aromatic heterocycles. The number of rotatable bonds is 11. The second-order valence-electron chi connectivity index (χ2n) is 11.9. The van der Waals surface area contributed by atoms with Gasteiger partial charge in [0.2, 0.25) is 5.91 Å². The van der Waals surface area contributed by atoms with Crippen LogP contribution in [0.2, 0.25) is 0 Å². The summed E-state index contributed by atoms with van der Waals surface area (Å²) in [5, 5.41) is 17.4. The van der Waals surface area contributed by atoms with Crippen molar-refractivity contribution in [3.8, 4) is 11.1 Å². The van der Waals surface area contributed by atoms with Crippen LogP contribution in [0.25, 0.3) is 22.0 Å². The average Bonchev–Trinajstić information content (AvgIpc) is 3.86. The van der Waals surface area contributed by atoms with Gasteiger partial charge in [-0.15, -0.1) is 10.2 Å². The molecule has 1 saturated heterocycles. The van der Waals surface area contributed by atoms with Crippen molar-refractivity contribution in [3.05, 3.63) is 144 Å². The topological polar surface area (TPSA) is 87.6 Å². The Morgan fingerprint density at radius 3 is 2.33 bits per heavy atom. The molecule has 3 N–H and O–H groups in total. The number of benzene rings is 4.